The van der Waals surface area contributed by atoms with E-state index in [-0.39, 0.29) is 0 Å². The summed E-state index contributed by atoms with van der Waals surface area (Å²) < 4.78 is 0. The van der Waals surface area contributed by atoms with Gasteiger partial charge in [-0.2, -0.15) is 0 Å². The highest BCUT2D eigenvalue weighted by molar-refractivity contribution is 4.91. The summed E-state index contributed by atoms with van der Waals surface area (Å²) in [6.45, 7) is 4.85. The Morgan fingerprint density at radius 3 is 2.86 bits per heavy atom. The molecule has 2 rings (SSSR count). The van der Waals surface area contributed by atoms with Gasteiger partial charge in [0.15, 0.2) is 0 Å². The van der Waals surface area contributed by atoms with E-state index in [0.717, 1.165) is 24.5 Å². The molecular weight excluding hydrogens is 172 g/mol. The number of nitrogens with one attached hydrogen (secondary N) is 1. The zero-order chi connectivity index (χ0) is 9.97. The molecule has 1 aliphatic heterocycles. The Bertz CT molecular complexity index is 181. The molecule has 1 saturated carbocycles. The van der Waals surface area contributed by atoms with Crippen molar-refractivity contribution in [3.63, 3.8) is 0 Å². The maximum Gasteiger partial charge on any atom is 0.0195 e. The van der Waals surface area contributed by atoms with E-state index in [1.54, 1.807) is 0 Å². The van der Waals surface area contributed by atoms with E-state index in [1.807, 2.05) is 0 Å². The Kier molecular flexibility index (Phi) is 3.45. The van der Waals surface area contributed by atoms with Gasteiger partial charge >= 0.3 is 0 Å². The van der Waals surface area contributed by atoms with Gasteiger partial charge in [0, 0.05) is 18.6 Å². The van der Waals surface area contributed by atoms with Crippen molar-refractivity contribution in [3.8, 4) is 0 Å². The molecule has 2 fully saturated rings. The minimum absolute atomic E-state index is 0.728. The molecule has 3 atom stereocenters. The number of hydrogen-bond acceptors (Lipinski definition) is 2. The third kappa shape index (κ3) is 1.96. The summed E-state index contributed by atoms with van der Waals surface area (Å²) in [4.78, 5) is 2.76. The van der Waals surface area contributed by atoms with Gasteiger partial charge in [-0.05, 0) is 52.1 Å². The SMILES string of the molecule is CNCC(C)N1CCCC2CCCC21. The van der Waals surface area contributed by atoms with Gasteiger partial charge in [0.25, 0.3) is 0 Å². The third-order valence-electron chi connectivity index (χ3n) is 4.10. The minimum atomic E-state index is 0.728. The van der Waals surface area contributed by atoms with Crippen LogP contribution in [-0.2, 0) is 0 Å². The summed E-state index contributed by atoms with van der Waals surface area (Å²) in [6.07, 6.45) is 7.34. The molecule has 2 aliphatic rings. The minimum Gasteiger partial charge on any atom is -0.318 e. The molecule has 1 N–H and O–H groups in total. The third-order valence-corrected chi connectivity index (χ3v) is 4.10. The summed E-state index contributed by atoms with van der Waals surface area (Å²) in [7, 11) is 2.06. The molecule has 0 aromatic heterocycles. The average Bonchev–Trinajstić information content (AvgIpc) is 2.65. The molecule has 1 heterocycles. The van der Waals surface area contributed by atoms with Crippen LogP contribution in [0.15, 0.2) is 0 Å². The lowest BCUT2D eigenvalue weighted by Crippen LogP contribution is -2.50. The van der Waals surface area contributed by atoms with Gasteiger partial charge < -0.3 is 5.32 Å². The van der Waals surface area contributed by atoms with Crippen LogP contribution in [0.2, 0.25) is 0 Å². The van der Waals surface area contributed by atoms with Crippen molar-refractivity contribution < 1.29 is 0 Å². The number of hydrogen-bond donors (Lipinski definition) is 1. The van der Waals surface area contributed by atoms with Gasteiger partial charge in [-0.25, -0.2) is 0 Å². The van der Waals surface area contributed by atoms with Crippen LogP contribution in [0.4, 0.5) is 0 Å². The fraction of sp³-hybridized carbons (Fsp3) is 1.00. The van der Waals surface area contributed by atoms with E-state index in [4.69, 9.17) is 0 Å². The van der Waals surface area contributed by atoms with Gasteiger partial charge in [-0.3, -0.25) is 4.90 Å². The first-order valence-corrected chi connectivity index (χ1v) is 6.23. The largest absolute Gasteiger partial charge is 0.318 e. The standard InChI is InChI=1S/C12H24N2/c1-10(9-13-2)14-8-4-6-11-5-3-7-12(11)14/h10-13H,3-9H2,1-2H3. The molecule has 82 valence electrons. The van der Waals surface area contributed by atoms with E-state index >= 15 is 0 Å². The fourth-order valence-electron chi connectivity index (χ4n) is 3.45. The van der Waals surface area contributed by atoms with Gasteiger partial charge in [0.2, 0.25) is 0 Å². The van der Waals surface area contributed by atoms with Gasteiger partial charge in [0.1, 0.15) is 0 Å². The van der Waals surface area contributed by atoms with Crippen LogP contribution in [-0.4, -0.2) is 37.1 Å². The van der Waals surface area contributed by atoms with Crippen LogP contribution in [0.25, 0.3) is 0 Å². The first kappa shape index (κ1) is 10.4. The van der Waals surface area contributed by atoms with Crippen LogP contribution >= 0.6 is 0 Å². The molecule has 0 amide bonds. The van der Waals surface area contributed by atoms with E-state index in [2.05, 4.69) is 24.2 Å². The summed E-state index contributed by atoms with van der Waals surface area (Å²) >= 11 is 0. The first-order valence-electron chi connectivity index (χ1n) is 6.23. The molecule has 0 aromatic rings. The van der Waals surface area contributed by atoms with Gasteiger partial charge in [-0.15, -0.1) is 0 Å². The topological polar surface area (TPSA) is 15.3 Å². The zero-order valence-electron chi connectivity index (χ0n) is 9.63. The number of rotatable bonds is 3. The number of likely N-dealkylation sites (N-methyl/N-ethyl adjacent to an activating group) is 1. The van der Waals surface area contributed by atoms with Crippen LogP contribution in [0.3, 0.4) is 0 Å². The highest BCUT2D eigenvalue weighted by Gasteiger charge is 2.36. The zero-order valence-corrected chi connectivity index (χ0v) is 9.63. The number of fused-ring (bicyclic) bond motifs is 1. The second-order valence-corrected chi connectivity index (χ2v) is 5.05. The molecule has 3 unspecified atom stereocenters. The molecule has 1 aliphatic carbocycles. The normalized spacial score (nSPS) is 35.6. The average molecular weight is 196 g/mol. The van der Waals surface area contributed by atoms with Gasteiger partial charge in [-0.1, -0.05) is 6.42 Å². The molecule has 0 radical (unpaired) electrons. The molecular formula is C12H24N2. The summed E-state index contributed by atoms with van der Waals surface area (Å²) in [5.74, 6) is 1.03. The van der Waals surface area contributed by atoms with Crippen LogP contribution in [0.1, 0.15) is 39.0 Å². The first-order chi connectivity index (χ1) is 6.83. The second-order valence-electron chi connectivity index (χ2n) is 5.05. The second kappa shape index (κ2) is 4.63. The highest BCUT2D eigenvalue weighted by Crippen LogP contribution is 2.37. The van der Waals surface area contributed by atoms with Crippen LogP contribution in [0, 0.1) is 5.92 Å². The number of nitrogens with zero attached hydrogens (tertiary/aromatic N) is 1. The fourth-order valence-corrected chi connectivity index (χ4v) is 3.45. The smallest absolute Gasteiger partial charge is 0.0195 e. The Labute approximate surface area is 88.1 Å². The predicted molar refractivity (Wildman–Crippen MR) is 60.5 cm³/mol. The van der Waals surface area contributed by atoms with E-state index in [1.165, 1.54) is 38.6 Å². The summed E-state index contributed by atoms with van der Waals surface area (Å²) in [5.41, 5.74) is 0. The lowest BCUT2D eigenvalue weighted by atomic mass is 9.91. The van der Waals surface area contributed by atoms with Crippen molar-refractivity contribution in [3.05, 3.63) is 0 Å². The Balaban J connectivity index is 1.95. The van der Waals surface area contributed by atoms with Crippen LogP contribution < -0.4 is 5.32 Å². The van der Waals surface area contributed by atoms with Crippen molar-refractivity contribution in [2.45, 2.75) is 51.1 Å². The van der Waals surface area contributed by atoms with E-state index < -0.39 is 0 Å². The predicted octanol–water partition coefficient (Wildman–Crippen LogP) is 1.86. The maximum absolute atomic E-state index is 3.30. The monoisotopic (exact) mass is 196 g/mol. The van der Waals surface area contributed by atoms with E-state index in [9.17, 15) is 0 Å². The van der Waals surface area contributed by atoms with Crippen molar-refractivity contribution in [1.29, 1.82) is 0 Å². The Hall–Kier alpha value is -0.0800. The number of likely N-dealkylation sites (tertiary alicyclic amines) is 1. The van der Waals surface area contributed by atoms with Crippen molar-refractivity contribution in [2.24, 2.45) is 5.92 Å². The lowest BCUT2D eigenvalue weighted by Gasteiger charge is -2.41. The van der Waals surface area contributed by atoms with E-state index in [0.29, 0.717) is 0 Å². The Morgan fingerprint density at radius 1 is 1.29 bits per heavy atom. The van der Waals surface area contributed by atoms with Crippen molar-refractivity contribution in [2.75, 3.05) is 20.1 Å². The molecule has 14 heavy (non-hydrogen) atoms. The molecule has 1 saturated heterocycles. The van der Waals surface area contributed by atoms with Gasteiger partial charge in [0.05, 0.1) is 0 Å². The summed E-state index contributed by atoms with van der Waals surface area (Å²) in [6, 6.07) is 1.65. The molecule has 0 spiro atoms. The summed E-state index contributed by atoms with van der Waals surface area (Å²) in [5, 5.41) is 3.30. The Morgan fingerprint density at radius 2 is 2.07 bits per heavy atom. The highest BCUT2D eigenvalue weighted by atomic mass is 15.2. The van der Waals surface area contributed by atoms with Crippen molar-refractivity contribution >= 4 is 0 Å². The molecule has 0 aromatic carbocycles. The quantitative estimate of drug-likeness (QED) is 0.741. The molecule has 0 bridgehead atoms. The molecule has 2 nitrogen and oxygen atoms in total. The molecule has 2 heteroatoms. The number of piperidine rings is 1. The lowest BCUT2D eigenvalue weighted by molar-refractivity contribution is 0.0752. The van der Waals surface area contributed by atoms with Crippen LogP contribution in [0.5, 0.6) is 0 Å². The van der Waals surface area contributed by atoms with Crippen molar-refractivity contribution in [1.82, 2.24) is 10.2 Å². The maximum atomic E-state index is 3.30.